The summed E-state index contributed by atoms with van der Waals surface area (Å²) in [6.07, 6.45) is 11.6. The number of furan rings is 1. The van der Waals surface area contributed by atoms with Gasteiger partial charge in [-0.1, -0.05) is 19.3 Å². The second kappa shape index (κ2) is 6.65. The number of hydrogen-bond acceptors (Lipinski definition) is 3. The van der Waals surface area contributed by atoms with Crippen molar-refractivity contribution in [1.29, 1.82) is 0 Å². The van der Waals surface area contributed by atoms with E-state index in [2.05, 4.69) is 10.6 Å². The highest BCUT2D eigenvalue weighted by Crippen LogP contribution is 2.34. The van der Waals surface area contributed by atoms with Crippen molar-refractivity contribution in [1.82, 2.24) is 10.6 Å². The maximum absolute atomic E-state index is 12.1. The molecule has 0 radical (unpaired) electrons. The third-order valence-corrected chi connectivity index (χ3v) is 4.98. The summed E-state index contributed by atoms with van der Waals surface area (Å²) in [7, 11) is 0. The zero-order valence-electron chi connectivity index (χ0n) is 12.7. The number of piperidine rings is 1. The predicted molar refractivity (Wildman–Crippen MR) is 82.0 cm³/mol. The third-order valence-electron chi connectivity index (χ3n) is 4.98. The molecule has 116 valence electrons. The van der Waals surface area contributed by atoms with Crippen molar-refractivity contribution in [3.8, 4) is 0 Å². The van der Waals surface area contributed by atoms with Crippen molar-refractivity contribution >= 4 is 5.91 Å². The molecule has 2 heterocycles. The van der Waals surface area contributed by atoms with Gasteiger partial charge in [0, 0.05) is 24.4 Å². The molecular weight excluding hydrogens is 264 g/mol. The number of amides is 1. The number of carbonyl (C=O) groups excluding carboxylic acids is 1. The molecule has 4 nitrogen and oxygen atoms in total. The molecule has 0 bridgehead atoms. The van der Waals surface area contributed by atoms with Gasteiger partial charge in [-0.15, -0.1) is 0 Å². The van der Waals surface area contributed by atoms with Crippen molar-refractivity contribution in [2.45, 2.75) is 69.4 Å². The van der Waals surface area contributed by atoms with Gasteiger partial charge in [0.05, 0.1) is 6.26 Å². The molecule has 1 aromatic heterocycles. The maximum atomic E-state index is 12.1. The summed E-state index contributed by atoms with van der Waals surface area (Å²) in [6.45, 7) is 1.03. The smallest absolute Gasteiger partial charge is 0.220 e. The molecule has 1 atom stereocenters. The molecule has 1 saturated heterocycles. The summed E-state index contributed by atoms with van der Waals surface area (Å²) in [5.74, 6) is 1.04. The minimum Gasteiger partial charge on any atom is -0.469 e. The molecule has 2 N–H and O–H groups in total. The summed E-state index contributed by atoms with van der Waals surface area (Å²) in [6, 6.07) is 4.13. The van der Waals surface area contributed by atoms with Crippen molar-refractivity contribution < 1.29 is 9.21 Å². The standard InChI is InChI=1S/C17H26N2O2/c20-16(7-6-15-5-4-12-21-15)19-14-8-11-18-17(13-14)9-2-1-3-10-17/h4-5,12,14,18H,1-3,6-11,13H2,(H,19,20). The Balaban J connectivity index is 1.46. The normalized spacial score (nSPS) is 24.9. The monoisotopic (exact) mass is 290 g/mol. The first-order valence-electron chi connectivity index (χ1n) is 8.33. The Bertz CT molecular complexity index is 444. The molecule has 1 aromatic rings. The fourth-order valence-electron chi connectivity index (χ4n) is 3.88. The number of carbonyl (C=O) groups is 1. The topological polar surface area (TPSA) is 54.3 Å². The van der Waals surface area contributed by atoms with E-state index >= 15 is 0 Å². The van der Waals surface area contributed by atoms with Gasteiger partial charge in [0.2, 0.25) is 5.91 Å². The first-order valence-corrected chi connectivity index (χ1v) is 8.33. The van der Waals surface area contributed by atoms with E-state index in [4.69, 9.17) is 4.42 Å². The quantitative estimate of drug-likeness (QED) is 0.896. The molecule has 1 unspecified atom stereocenters. The van der Waals surface area contributed by atoms with Crippen molar-refractivity contribution in [2.75, 3.05) is 6.54 Å². The molecule has 0 aromatic carbocycles. The highest BCUT2D eigenvalue weighted by Gasteiger charge is 2.37. The van der Waals surface area contributed by atoms with E-state index in [1.807, 2.05) is 12.1 Å². The maximum Gasteiger partial charge on any atom is 0.220 e. The third kappa shape index (κ3) is 3.88. The first-order chi connectivity index (χ1) is 10.3. The van der Waals surface area contributed by atoms with E-state index in [0.29, 0.717) is 24.4 Å². The number of hydrogen-bond donors (Lipinski definition) is 2. The first kappa shape index (κ1) is 14.6. The van der Waals surface area contributed by atoms with Gasteiger partial charge in [-0.2, -0.15) is 0 Å². The van der Waals surface area contributed by atoms with Crippen molar-refractivity contribution in [3.05, 3.63) is 24.2 Å². The van der Waals surface area contributed by atoms with Crippen LogP contribution in [0.15, 0.2) is 22.8 Å². The largest absolute Gasteiger partial charge is 0.469 e. The molecule has 21 heavy (non-hydrogen) atoms. The van der Waals surface area contributed by atoms with Gasteiger partial charge in [-0.05, 0) is 44.4 Å². The highest BCUT2D eigenvalue weighted by molar-refractivity contribution is 5.76. The van der Waals surface area contributed by atoms with Crippen LogP contribution in [0.2, 0.25) is 0 Å². The number of rotatable bonds is 4. The Kier molecular flexibility index (Phi) is 4.63. The van der Waals surface area contributed by atoms with Crippen LogP contribution in [0.5, 0.6) is 0 Å². The molecule has 2 fully saturated rings. The van der Waals surface area contributed by atoms with E-state index < -0.39 is 0 Å². The average Bonchev–Trinajstić information content (AvgIpc) is 2.99. The van der Waals surface area contributed by atoms with Crippen molar-refractivity contribution in [3.63, 3.8) is 0 Å². The van der Waals surface area contributed by atoms with Crippen LogP contribution in [-0.2, 0) is 11.2 Å². The predicted octanol–water partition coefficient (Wildman–Crippen LogP) is 2.78. The van der Waals surface area contributed by atoms with E-state index in [1.165, 1.54) is 32.1 Å². The van der Waals surface area contributed by atoms with E-state index in [1.54, 1.807) is 6.26 Å². The van der Waals surface area contributed by atoms with Crippen LogP contribution in [-0.4, -0.2) is 24.0 Å². The van der Waals surface area contributed by atoms with Gasteiger partial charge < -0.3 is 15.1 Å². The Morgan fingerprint density at radius 1 is 1.38 bits per heavy atom. The molecular formula is C17H26N2O2. The van der Waals surface area contributed by atoms with Crippen LogP contribution in [0.1, 0.15) is 57.1 Å². The number of nitrogens with one attached hydrogen (secondary N) is 2. The van der Waals surface area contributed by atoms with Gasteiger partial charge in [-0.3, -0.25) is 4.79 Å². The van der Waals surface area contributed by atoms with E-state index in [-0.39, 0.29) is 5.91 Å². The molecule has 1 amide bonds. The summed E-state index contributed by atoms with van der Waals surface area (Å²) in [5, 5.41) is 6.96. The van der Waals surface area contributed by atoms with Gasteiger partial charge in [-0.25, -0.2) is 0 Å². The van der Waals surface area contributed by atoms with Gasteiger partial charge >= 0.3 is 0 Å². The van der Waals surface area contributed by atoms with Crippen LogP contribution in [0.25, 0.3) is 0 Å². The molecule has 1 spiro atoms. The lowest BCUT2D eigenvalue weighted by molar-refractivity contribution is -0.122. The lowest BCUT2D eigenvalue weighted by atomic mass is 9.75. The SMILES string of the molecule is O=C(CCc1ccco1)NC1CCNC2(CCCCC2)C1. The molecule has 1 saturated carbocycles. The lowest BCUT2D eigenvalue weighted by Crippen LogP contribution is -2.57. The van der Waals surface area contributed by atoms with Crippen molar-refractivity contribution in [2.24, 2.45) is 0 Å². The summed E-state index contributed by atoms with van der Waals surface area (Å²) in [5.41, 5.74) is 0.301. The fraction of sp³-hybridized carbons (Fsp3) is 0.706. The summed E-state index contributed by atoms with van der Waals surface area (Å²) >= 11 is 0. The Hall–Kier alpha value is -1.29. The second-order valence-electron chi connectivity index (χ2n) is 6.60. The summed E-state index contributed by atoms with van der Waals surface area (Å²) in [4.78, 5) is 12.1. The zero-order valence-corrected chi connectivity index (χ0v) is 12.7. The fourth-order valence-corrected chi connectivity index (χ4v) is 3.88. The van der Waals surface area contributed by atoms with Crippen LogP contribution in [0.4, 0.5) is 0 Å². The Morgan fingerprint density at radius 2 is 2.24 bits per heavy atom. The minimum atomic E-state index is 0.157. The Labute approximate surface area is 126 Å². The van der Waals surface area contributed by atoms with Crippen LogP contribution in [0.3, 0.4) is 0 Å². The molecule has 2 aliphatic rings. The van der Waals surface area contributed by atoms with Crippen LogP contribution >= 0.6 is 0 Å². The Morgan fingerprint density at radius 3 is 3.00 bits per heavy atom. The number of aryl methyl sites for hydroxylation is 1. The van der Waals surface area contributed by atoms with Gasteiger partial charge in [0.15, 0.2) is 0 Å². The minimum absolute atomic E-state index is 0.157. The summed E-state index contributed by atoms with van der Waals surface area (Å²) < 4.78 is 5.27. The zero-order chi connectivity index (χ0) is 14.5. The van der Waals surface area contributed by atoms with Gasteiger partial charge in [0.1, 0.15) is 5.76 Å². The van der Waals surface area contributed by atoms with E-state index in [0.717, 1.165) is 25.1 Å². The average molecular weight is 290 g/mol. The second-order valence-corrected chi connectivity index (χ2v) is 6.60. The van der Waals surface area contributed by atoms with Gasteiger partial charge in [0.25, 0.3) is 0 Å². The highest BCUT2D eigenvalue weighted by atomic mass is 16.3. The lowest BCUT2D eigenvalue weighted by Gasteiger charge is -2.44. The molecule has 4 heteroatoms. The molecule has 1 aliphatic carbocycles. The molecule has 1 aliphatic heterocycles. The van der Waals surface area contributed by atoms with E-state index in [9.17, 15) is 4.79 Å². The van der Waals surface area contributed by atoms with Crippen LogP contribution < -0.4 is 10.6 Å². The van der Waals surface area contributed by atoms with Crippen LogP contribution in [0, 0.1) is 0 Å². The molecule has 3 rings (SSSR count).